The summed E-state index contributed by atoms with van der Waals surface area (Å²) in [5.74, 6) is -0.236. The van der Waals surface area contributed by atoms with Crippen LogP contribution in [0.2, 0.25) is 15.1 Å². The summed E-state index contributed by atoms with van der Waals surface area (Å²) < 4.78 is 5.87. The second-order valence-corrected chi connectivity index (χ2v) is 7.49. The van der Waals surface area contributed by atoms with Crippen LogP contribution in [0.5, 0.6) is 5.75 Å². The summed E-state index contributed by atoms with van der Waals surface area (Å²) in [6, 6.07) is 21.0. The molecule has 0 aromatic heterocycles. The van der Waals surface area contributed by atoms with Crippen LogP contribution in [0.1, 0.15) is 11.1 Å². The van der Waals surface area contributed by atoms with Gasteiger partial charge in [0.25, 0.3) is 5.91 Å². The summed E-state index contributed by atoms with van der Waals surface area (Å²) in [5.41, 5.74) is 1.75. The minimum absolute atomic E-state index is 0.117. The third-order valence-corrected chi connectivity index (χ3v) is 4.78. The molecule has 0 fully saturated rings. The summed E-state index contributed by atoms with van der Waals surface area (Å²) in [5, 5.41) is 13.4. The summed E-state index contributed by atoms with van der Waals surface area (Å²) in [6.07, 6.45) is 1.40. The molecule has 0 unspecified atom stereocenters. The van der Waals surface area contributed by atoms with Gasteiger partial charge in [-0.25, -0.2) is 0 Å². The maximum absolute atomic E-state index is 12.5. The standard InChI is InChI=1S/C23H15Cl3N2O2/c24-18-8-6-15(7-9-18)14-30-22-16(11-19(25)12-21(22)26)10-17(13-27)23(29)28-20-4-2-1-3-5-20/h1-12H,14H2,(H,28,29)/b17-10+. The van der Waals surface area contributed by atoms with E-state index in [9.17, 15) is 10.1 Å². The van der Waals surface area contributed by atoms with E-state index in [0.717, 1.165) is 5.56 Å². The van der Waals surface area contributed by atoms with Crippen LogP contribution in [0.15, 0.2) is 72.3 Å². The number of nitriles is 1. The molecule has 0 aliphatic heterocycles. The average molecular weight is 458 g/mol. The molecule has 1 N–H and O–H groups in total. The summed E-state index contributed by atoms with van der Waals surface area (Å²) in [7, 11) is 0. The van der Waals surface area contributed by atoms with Crippen molar-refractivity contribution in [3.05, 3.63) is 98.5 Å². The maximum atomic E-state index is 12.5. The van der Waals surface area contributed by atoms with Crippen molar-refractivity contribution in [2.75, 3.05) is 5.32 Å². The van der Waals surface area contributed by atoms with Gasteiger partial charge in [-0.15, -0.1) is 0 Å². The third kappa shape index (κ3) is 5.77. The SMILES string of the molecule is N#C/C(=C\c1cc(Cl)cc(Cl)c1OCc1ccc(Cl)cc1)C(=O)Nc1ccccc1. The Kier molecular flexibility index (Phi) is 7.37. The molecule has 1 amide bonds. The lowest BCUT2D eigenvalue weighted by molar-refractivity contribution is -0.112. The Bertz CT molecular complexity index is 1120. The van der Waals surface area contributed by atoms with Crippen molar-refractivity contribution in [3.63, 3.8) is 0 Å². The highest BCUT2D eigenvalue weighted by molar-refractivity contribution is 6.36. The highest BCUT2D eigenvalue weighted by Crippen LogP contribution is 2.34. The Morgan fingerprint density at radius 2 is 1.70 bits per heavy atom. The fourth-order valence-corrected chi connectivity index (χ4v) is 3.29. The van der Waals surface area contributed by atoms with Gasteiger partial charge in [-0.2, -0.15) is 5.26 Å². The van der Waals surface area contributed by atoms with Gasteiger partial charge in [0.15, 0.2) is 0 Å². The largest absolute Gasteiger partial charge is 0.487 e. The molecule has 0 saturated carbocycles. The van der Waals surface area contributed by atoms with Gasteiger partial charge in [0, 0.05) is 21.3 Å². The zero-order valence-electron chi connectivity index (χ0n) is 15.5. The molecule has 0 bridgehead atoms. The molecule has 7 heteroatoms. The molecule has 0 radical (unpaired) electrons. The molecule has 3 aromatic rings. The van der Waals surface area contributed by atoms with Gasteiger partial charge >= 0.3 is 0 Å². The summed E-state index contributed by atoms with van der Waals surface area (Å²) >= 11 is 18.3. The van der Waals surface area contributed by atoms with Crippen LogP contribution in [0.3, 0.4) is 0 Å². The number of anilines is 1. The number of amides is 1. The van der Waals surface area contributed by atoms with E-state index < -0.39 is 5.91 Å². The first kappa shape index (κ1) is 21.7. The predicted octanol–water partition coefficient (Wildman–Crippen LogP) is 6.77. The molecule has 3 rings (SSSR count). The van der Waals surface area contributed by atoms with Crippen molar-refractivity contribution in [2.45, 2.75) is 6.61 Å². The molecule has 0 aliphatic carbocycles. The molecule has 0 saturated heterocycles. The fraction of sp³-hybridized carbons (Fsp3) is 0.0435. The Morgan fingerprint density at radius 3 is 2.37 bits per heavy atom. The van der Waals surface area contributed by atoms with Gasteiger partial charge in [-0.3, -0.25) is 4.79 Å². The summed E-state index contributed by atoms with van der Waals surface area (Å²) in [4.78, 5) is 12.5. The lowest BCUT2D eigenvalue weighted by Gasteiger charge is -2.13. The number of hydrogen-bond donors (Lipinski definition) is 1. The molecule has 150 valence electrons. The molecule has 0 atom stereocenters. The quantitative estimate of drug-likeness (QED) is 0.328. The van der Waals surface area contributed by atoms with Crippen LogP contribution < -0.4 is 10.1 Å². The van der Waals surface area contributed by atoms with E-state index in [0.29, 0.717) is 27.0 Å². The van der Waals surface area contributed by atoms with Crippen LogP contribution in [0.25, 0.3) is 6.08 Å². The second-order valence-electron chi connectivity index (χ2n) is 6.21. The summed E-state index contributed by atoms with van der Waals surface area (Å²) in [6.45, 7) is 0.220. The number of rotatable bonds is 6. The highest BCUT2D eigenvalue weighted by Gasteiger charge is 2.15. The smallest absolute Gasteiger partial charge is 0.266 e. The van der Waals surface area contributed by atoms with Crippen LogP contribution in [0, 0.1) is 11.3 Å². The maximum Gasteiger partial charge on any atom is 0.266 e. The van der Waals surface area contributed by atoms with Crippen molar-refractivity contribution < 1.29 is 9.53 Å². The predicted molar refractivity (Wildman–Crippen MR) is 121 cm³/mol. The van der Waals surface area contributed by atoms with Crippen LogP contribution >= 0.6 is 34.8 Å². The third-order valence-electron chi connectivity index (χ3n) is 4.03. The Labute approximate surface area is 189 Å². The molecule has 0 spiro atoms. The van der Waals surface area contributed by atoms with Gasteiger partial charge in [-0.1, -0.05) is 65.1 Å². The van der Waals surface area contributed by atoms with Crippen LogP contribution in [0.4, 0.5) is 5.69 Å². The number of carbonyl (C=O) groups is 1. The van der Waals surface area contributed by atoms with E-state index in [-0.39, 0.29) is 17.2 Å². The lowest BCUT2D eigenvalue weighted by Crippen LogP contribution is -2.13. The monoisotopic (exact) mass is 456 g/mol. The molecule has 30 heavy (non-hydrogen) atoms. The number of halogens is 3. The van der Waals surface area contributed by atoms with Crippen molar-refractivity contribution in [1.29, 1.82) is 5.26 Å². The molecular weight excluding hydrogens is 443 g/mol. The molecular formula is C23H15Cl3N2O2. The van der Waals surface area contributed by atoms with E-state index in [4.69, 9.17) is 39.5 Å². The molecule has 0 heterocycles. The molecule has 3 aromatic carbocycles. The van der Waals surface area contributed by atoms with Crippen molar-refractivity contribution in [2.24, 2.45) is 0 Å². The van der Waals surface area contributed by atoms with Gasteiger partial charge in [0.1, 0.15) is 24.0 Å². The van der Waals surface area contributed by atoms with E-state index in [1.165, 1.54) is 12.1 Å². The first-order valence-electron chi connectivity index (χ1n) is 8.81. The lowest BCUT2D eigenvalue weighted by atomic mass is 10.1. The van der Waals surface area contributed by atoms with Crippen LogP contribution in [-0.2, 0) is 11.4 Å². The zero-order valence-corrected chi connectivity index (χ0v) is 17.8. The van der Waals surface area contributed by atoms with Gasteiger partial charge in [0.2, 0.25) is 0 Å². The number of para-hydroxylation sites is 1. The number of nitrogens with one attached hydrogen (secondary N) is 1. The van der Waals surface area contributed by atoms with Gasteiger partial charge in [-0.05, 0) is 48.0 Å². The number of benzene rings is 3. The van der Waals surface area contributed by atoms with Crippen molar-refractivity contribution >= 4 is 52.5 Å². The second kappa shape index (κ2) is 10.2. The number of carbonyl (C=O) groups excluding carboxylic acids is 1. The zero-order chi connectivity index (χ0) is 21.5. The van der Waals surface area contributed by atoms with E-state index >= 15 is 0 Å². The van der Waals surface area contributed by atoms with Gasteiger partial charge in [0.05, 0.1) is 5.02 Å². The number of nitrogens with zero attached hydrogens (tertiary/aromatic N) is 1. The molecule has 0 aliphatic rings. The van der Waals surface area contributed by atoms with E-state index in [1.54, 1.807) is 42.5 Å². The Hall–Kier alpha value is -2.97. The highest BCUT2D eigenvalue weighted by atomic mass is 35.5. The molecule has 4 nitrogen and oxygen atoms in total. The topological polar surface area (TPSA) is 62.1 Å². The van der Waals surface area contributed by atoms with Crippen molar-refractivity contribution in [3.8, 4) is 11.8 Å². The first-order chi connectivity index (χ1) is 14.5. The van der Waals surface area contributed by atoms with E-state index in [1.807, 2.05) is 24.3 Å². The average Bonchev–Trinajstić information content (AvgIpc) is 2.73. The number of ether oxygens (including phenoxy) is 1. The Morgan fingerprint density at radius 1 is 1.00 bits per heavy atom. The van der Waals surface area contributed by atoms with Crippen LogP contribution in [-0.4, -0.2) is 5.91 Å². The Balaban J connectivity index is 1.88. The first-order valence-corrected chi connectivity index (χ1v) is 9.94. The fourth-order valence-electron chi connectivity index (χ4n) is 2.60. The number of hydrogen-bond acceptors (Lipinski definition) is 3. The minimum Gasteiger partial charge on any atom is -0.487 e. The van der Waals surface area contributed by atoms with Crippen molar-refractivity contribution in [1.82, 2.24) is 0 Å². The van der Waals surface area contributed by atoms with E-state index in [2.05, 4.69) is 5.32 Å². The normalized spacial score (nSPS) is 10.9. The van der Waals surface area contributed by atoms with Gasteiger partial charge < -0.3 is 10.1 Å². The minimum atomic E-state index is -0.552.